The monoisotopic (exact) mass is 579 g/mol. The minimum Gasteiger partial charge on any atom is -0.351 e. The number of carbonyl (C=O) groups excluding carboxylic acids is 3. The fourth-order valence-corrected chi connectivity index (χ4v) is 5.37. The highest BCUT2D eigenvalue weighted by Gasteiger charge is 2.47. The quantitative estimate of drug-likeness (QED) is 0.386. The van der Waals surface area contributed by atoms with Crippen LogP contribution in [0, 0.1) is 23.0 Å². The van der Waals surface area contributed by atoms with Gasteiger partial charge in [-0.05, 0) is 42.8 Å². The number of hydrogen-bond acceptors (Lipinski definition) is 5. The molecule has 8 nitrogen and oxygen atoms in total. The van der Waals surface area contributed by atoms with Gasteiger partial charge in [-0.1, -0.05) is 24.3 Å². The number of anilines is 2. The fraction of sp³-hybridized carbons (Fsp3) is 0.300. The summed E-state index contributed by atoms with van der Waals surface area (Å²) in [6.45, 7) is 0. The van der Waals surface area contributed by atoms with E-state index in [0.29, 0.717) is 0 Å². The van der Waals surface area contributed by atoms with E-state index in [0.717, 1.165) is 23.1 Å². The zero-order valence-electron chi connectivity index (χ0n) is 22.1. The van der Waals surface area contributed by atoms with Gasteiger partial charge in [0.2, 0.25) is 17.7 Å². The molecule has 2 fully saturated rings. The van der Waals surface area contributed by atoms with Crippen LogP contribution in [0.15, 0.2) is 66.9 Å². The van der Waals surface area contributed by atoms with Crippen LogP contribution in [0.1, 0.15) is 49.3 Å². The number of pyridine rings is 1. The summed E-state index contributed by atoms with van der Waals surface area (Å²) in [4.78, 5) is 47.0. The van der Waals surface area contributed by atoms with Crippen LogP contribution in [0.3, 0.4) is 0 Å². The largest absolute Gasteiger partial charge is 0.351 e. The number of nitrogens with one attached hydrogen (secondary N) is 1. The molecule has 216 valence electrons. The van der Waals surface area contributed by atoms with Crippen molar-refractivity contribution >= 4 is 29.2 Å². The van der Waals surface area contributed by atoms with Gasteiger partial charge in [-0.2, -0.15) is 5.26 Å². The first-order chi connectivity index (χ1) is 20.1. The standard InChI is InChI=1S/C30H25F4N5O3/c31-19-4-3-5-21(13-19)39(27(41)14-22-8-9-26(40)38(22)25-12-18(17-35)10-11-36-25)28(23-6-1-2-7-24(23)32)29(42)37-20-15-30(33,34)16-20/h1-7,10-13,20,22,28H,8-9,14-16H2,(H,37,42). The molecule has 5 rings (SSSR count). The second kappa shape index (κ2) is 11.6. The van der Waals surface area contributed by atoms with Gasteiger partial charge in [-0.15, -0.1) is 0 Å². The van der Waals surface area contributed by atoms with Crippen molar-refractivity contribution in [2.24, 2.45) is 0 Å². The minimum absolute atomic E-state index is 0.0668. The van der Waals surface area contributed by atoms with Crippen molar-refractivity contribution in [2.75, 3.05) is 9.80 Å². The summed E-state index contributed by atoms with van der Waals surface area (Å²) in [6.07, 6.45) is 0.118. The number of nitrogens with zero attached hydrogens (tertiary/aromatic N) is 4. The van der Waals surface area contributed by atoms with Gasteiger partial charge in [0.15, 0.2) is 0 Å². The van der Waals surface area contributed by atoms with Gasteiger partial charge in [-0.25, -0.2) is 22.5 Å². The highest BCUT2D eigenvalue weighted by atomic mass is 19.3. The third kappa shape index (κ3) is 5.95. The molecule has 0 radical (unpaired) electrons. The van der Waals surface area contributed by atoms with Crippen molar-refractivity contribution < 1.29 is 31.9 Å². The Morgan fingerprint density at radius 3 is 2.57 bits per heavy atom. The number of amides is 3. The number of aromatic nitrogens is 1. The number of benzene rings is 2. The van der Waals surface area contributed by atoms with E-state index in [1.807, 2.05) is 6.07 Å². The molecule has 12 heteroatoms. The van der Waals surface area contributed by atoms with E-state index in [-0.39, 0.29) is 47.8 Å². The molecular formula is C30H25F4N5O3. The Labute approximate surface area is 238 Å². The zero-order valence-corrected chi connectivity index (χ0v) is 22.1. The van der Waals surface area contributed by atoms with Gasteiger partial charge in [0.1, 0.15) is 23.5 Å². The van der Waals surface area contributed by atoms with Gasteiger partial charge in [-0.3, -0.25) is 24.2 Å². The molecule has 3 amide bonds. The molecule has 3 aromatic rings. The lowest BCUT2D eigenvalue weighted by molar-refractivity contribution is -0.133. The summed E-state index contributed by atoms with van der Waals surface area (Å²) in [5.41, 5.74) is -0.0340. The van der Waals surface area contributed by atoms with Gasteiger partial charge >= 0.3 is 0 Å². The summed E-state index contributed by atoms with van der Waals surface area (Å²) in [6, 6.07) is 11.6. The van der Waals surface area contributed by atoms with Crippen LogP contribution in [-0.2, 0) is 14.4 Å². The highest BCUT2D eigenvalue weighted by molar-refractivity contribution is 6.03. The second-order valence-electron chi connectivity index (χ2n) is 10.3. The second-order valence-corrected chi connectivity index (χ2v) is 10.3. The van der Waals surface area contributed by atoms with Gasteiger partial charge in [0.25, 0.3) is 5.92 Å². The summed E-state index contributed by atoms with van der Waals surface area (Å²) in [5, 5.41) is 11.8. The van der Waals surface area contributed by atoms with Crippen LogP contribution < -0.4 is 15.1 Å². The van der Waals surface area contributed by atoms with E-state index in [2.05, 4.69) is 10.3 Å². The van der Waals surface area contributed by atoms with Crippen LogP contribution in [0.5, 0.6) is 0 Å². The van der Waals surface area contributed by atoms with E-state index >= 15 is 4.39 Å². The van der Waals surface area contributed by atoms with Crippen molar-refractivity contribution in [1.82, 2.24) is 10.3 Å². The number of carbonyl (C=O) groups is 3. The number of nitriles is 1. The van der Waals surface area contributed by atoms with Gasteiger partial charge < -0.3 is 5.32 Å². The predicted molar refractivity (Wildman–Crippen MR) is 143 cm³/mol. The van der Waals surface area contributed by atoms with Crippen molar-refractivity contribution in [1.29, 1.82) is 5.26 Å². The SMILES string of the molecule is N#Cc1ccnc(N2C(=O)CCC2CC(=O)N(c2cccc(F)c2)C(C(=O)NC2CC(F)(F)C2)c2ccccc2F)c1. The van der Waals surface area contributed by atoms with E-state index < -0.39 is 60.3 Å². The molecule has 0 spiro atoms. The molecule has 0 bridgehead atoms. The first-order valence-corrected chi connectivity index (χ1v) is 13.2. The lowest BCUT2D eigenvalue weighted by Crippen LogP contribution is -2.54. The first kappa shape index (κ1) is 28.7. The molecule has 2 atom stereocenters. The first-order valence-electron chi connectivity index (χ1n) is 13.2. The Hall–Kier alpha value is -4.79. The maximum Gasteiger partial charge on any atom is 0.252 e. The molecule has 1 saturated carbocycles. The zero-order chi connectivity index (χ0) is 30.0. The van der Waals surface area contributed by atoms with E-state index in [4.69, 9.17) is 0 Å². The van der Waals surface area contributed by atoms with E-state index in [1.54, 1.807) is 0 Å². The van der Waals surface area contributed by atoms with E-state index in [1.165, 1.54) is 53.6 Å². The lowest BCUT2D eigenvalue weighted by Gasteiger charge is -2.38. The number of hydrogen-bond donors (Lipinski definition) is 1. The molecule has 2 heterocycles. The van der Waals surface area contributed by atoms with Gasteiger partial charge in [0.05, 0.1) is 11.6 Å². The fourth-order valence-electron chi connectivity index (χ4n) is 5.37. The summed E-state index contributed by atoms with van der Waals surface area (Å²) in [7, 11) is 0. The average Bonchev–Trinajstić information content (AvgIpc) is 3.30. The molecule has 2 aromatic carbocycles. The Kier molecular flexibility index (Phi) is 7.93. The van der Waals surface area contributed by atoms with Crippen LogP contribution in [0.4, 0.5) is 29.1 Å². The number of halogens is 4. The molecule has 2 unspecified atom stereocenters. The molecule has 42 heavy (non-hydrogen) atoms. The van der Waals surface area contributed by atoms with Crippen molar-refractivity contribution in [3.05, 3.63) is 89.6 Å². The molecular weight excluding hydrogens is 554 g/mol. The molecule has 1 aromatic heterocycles. The topological polar surface area (TPSA) is 106 Å². The minimum atomic E-state index is -2.95. The molecule has 1 N–H and O–H groups in total. The molecule has 1 saturated heterocycles. The molecule has 1 aliphatic heterocycles. The smallest absolute Gasteiger partial charge is 0.252 e. The normalized spacial score (nSPS) is 18.6. The van der Waals surface area contributed by atoms with Gasteiger partial charge in [0, 0.05) is 55.2 Å². The Bertz CT molecular complexity index is 1570. The Morgan fingerprint density at radius 2 is 1.88 bits per heavy atom. The Morgan fingerprint density at radius 1 is 1.12 bits per heavy atom. The number of alkyl halides is 2. The maximum absolute atomic E-state index is 15.2. The Balaban J connectivity index is 1.53. The molecule has 1 aliphatic carbocycles. The maximum atomic E-state index is 15.2. The van der Waals surface area contributed by atoms with Crippen molar-refractivity contribution in [2.45, 2.75) is 56.2 Å². The molecule has 2 aliphatic rings. The van der Waals surface area contributed by atoms with Crippen LogP contribution in [0.25, 0.3) is 0 Å². The van der Waals surface area contributed by atoms with Crippen LogP contribution in [0.2, 0.25) is 0 Å². The summed E-state index contributed by atoms with van der Waals surface area (Å²) < 4.78 is 56.7. The van der Waals surface area contributed by atoms with Crippen molar-refractivity contribution in [3.63, 3.8) is 0 Å². The van der Waals surface area contributed by atoms with Crippen LogP contribution >= 0.6 is 0 Å². The number of rotatable bonds is 8. The van der Waals surface area contributed by atoms with Crippen LogP contribution in [-0.4, -0.2) is 40.7 Å². The lowest BCUT2D eigenvalue weighted by atomic mass is 9.87. The summed E-state index contributed by atoms with van der Waals surface area (Å²) in [5.74, 6) is -6.33. The average molecular weight is 580 g/mol. The highest BCUT2D eigenvalue weighted by Crippen LogP contribution is 2.39. The van der Waals surface area contributed by atoms with E-state index in [9.17, 15) is 32.8 Å². The van der Waals surface area contributed by atoms with Crippen molar-refractivity contribution in [3.8, 4) is 6.07 Å². The third-order valence-corrected chi connectivity index (χ3v) is 7.35. The predicted octanol–water partition coefficient (Wildman–Crippen LogP) is 4.81. The third-order valence-electron chi connectivity index (χ3n) is 7.35. The summed E-state index contributed by atoms with van der Waals surface area (Å²) >= 11 is 0.